The Morgan fingerprint density at radius 3 is 2.42 bits per heavy atom. The van der Waals surface area contributed by atoms with Crippen molar-refractivity contribution in [3.05, 3.63) is 82.8 Å². The monoisotopic (exact) mass is 463 g/mol. The van der Waals surface area contributed by atoms with E-state index in [2.05, 4.69) is 0 Å². The molecule has 0 unspecified atom stereocenters. The van der Waals surface area contributed by atoms with E-state index < -0.39 is 10.1 Å². The summed E-state index contributed by atoms with van der Waals surface area (Å²) in [6.07, 6.45) is 1.54. The standard InChI is InChI=1S/C22H22ClNO6S/c1-16-5-3-7-20(23)22(16)31(26,27)30-18-10-8-17(9-11-18)13-24(21(25)15-28-2)14-19-6-4-12-29-19/h3-12H,13-15H2,1-2H3. The number of hydrogen-bond acceptors (Lipinski definition) is 6. The van der Waals surface area contributed by atoms with Crippen molar-refractivity contribution in [1.82, 2.24) is 4.90 Å². The van der Waals surface area contributed by atoms with Crippen LogP contribution < -0.4 is 4.18 Å². The number of furan rings is 1. The molecule has 0 spiro atoms. The number of methoxy groups -OCH3 is 1. The third kappa shape index (κ3) is 5.88. The molecule has 0 saturated heterocycles. The molecule has 9 heteroatoms. The Morgan fingerprint density at radius 2 is 1.81 bits per heavy atom. The first-order valence-electron chi connectivity index (χ1n) is 9.38. The lowest BCUT2D eigenvalue weighted by atomic mass is 10.2. The molecule has 0 saturated carbocycles. The van der Waals surface area contributed by atoms with Gasteiger partial charge in [0.15, 0.2) is 0 Å². The highest BCUT2D eigenvalue weighted by Gasteiger charge is 2.23. The van der Waals surface area contributed by atoms with Gasteiger partial charge in [-0.05, 0) is 48.4 Å². The quantitative estimate of drug-likeness (QED) is 0.442. The summed E-state index contributed by atoms with van der Waals surface area (Å²) >= 11 is 6.06. The second-order valence-corrected chi connectivity index (χ2v) is 8.72. The van der Waals surface area contributed by atoms with Crippen molar-refractivity contribution in [3.63, 3.8) is 0 Å². The van der Waals surface area contributed by atoms with Gasteiger partial charge in [0.1, 0.15) is 23.0 Å². The van der Waals surface area contributed by atoms with E-state index in [1.807, 2.05) is 0 Å². The second kappa shape index (κ2) is 10.00. The van der Waals surface area contributed by atoms with E-state index >= 15 is 0 Å². The van der Waals surface area contributed by atoms with Crippen LogP contribution in [0.2, 0.25) is 5.02 Å². The number of benzene rings is 2. The van der Waals surface area contributed by atoms with Crippen LogP contribution in [0.15, 0.2) is 70.2 Å². The Hall–Kier alpha value is -2.81. The van der Waals surface area contributed by atoms with E-state index in [0.717, 1.165) is 5.56 Å². The Morgan fingerprint density at radius 1 is 1.06 bits per heavy atom. The summed E-state index contributed by atoms with van der Waals surface area (Å²) in [5.74, 6) is 0.588. The lowest BCUT2D eigenvalue weighted by Gasteiger charge is -2.21. The molecule has 0 N–H and O–H groups in total. The van der Waals surface area contributed by atoms with Gasteiger partial charge < -0.3 is 18.2 Å². The fraction of sp³-hybridized carbons (Fsp3) is 0.227. The molecule has 1 aromatic heterocycles. The Bertz CT molecular complexity index is 1110. The largest absolute Gasteiger partial charge is 0.467 e. The zero-order chi connectivity index (χ0) is 22.4. The van der Waals surface area contributed by atoms with Gasteiger partial charge >= 0.3 is 10.1 Å². The first-order chi connectivity index (χ1) is 14.8. The molecular weight excluding hydrogens is 442 g/mol. The number of rotatable bonds is 9. The fourth-order valence-electron chi connectivity index (χ4n) is 3.01. The molecule has 3 aromatic rings. The molecule has 31 heavy (non-hydrogen) atoms. The van der Waals surface area contributed by atoms with Gasteiger partial charge in [-0.15, -0.1) is 0 Å². The molecule has 0 bridgehead atoms. The van der Waals surface area contributed by atoms with Crippen molar-refractivity contribution in [2.45, 2.75) is 24.9 Å². The summed E-state index contributed by atoms with van der Waals surface area (Å²) in [4.78, 5) is 13.9. The average Bonchev–Trinajstić information content (AvgIpc) is 3.21. The Kier molecular flexibility index (Phi) is 7.37. The van der Waals surface area contributed by atoms with Crippen LogP contribution in [0.5, 0.6) is 5.75 Å². The zero-order valence-corrected chi connectivity index (χ0v) is 18.7. The van der Waals surface area contributed by atoms with Gasteiger partial charge in [-0.2, -0.15) is 8.42 Å². The average molecular weight is 464 g/mol. The van der Waals surface area contributed by atoms with Gasteiger partial charge in [-0.1, -0.05) is 35.9 Å². The molecule has 0 atom stereocenters. The van der Waals surface area contributed by atoms with E-state index in [0.29, 0.717) is 17.9 Å². The molecule has 0 aliphatic rings. The van der Waals surface area contributed by atoms with Gasteiger partial charge in [0, 0.05) is 13.7 Å². The summed E-state index contributed by atoms with van der Waals surface area (Å²) in [6.45, 7) is 2.17. The minimum absolute atomic E-state index is 0.0582. The summed E-state index contributed by atoms with van der Waals surface area (Å²) in [5.41, 5.74) is 1.28. The number of hydrogen-bond donors (Lipinski definition) is 0. The predicted octanol–water partition coefficient (Wildman–Crippen LogP) is 4.18. The van der Waals surface area contributed by atoms with E-state index in [9.17, 15) is 13.2 Å². The molecule has 2 aromatic carbocycles. The van der Waals surface area contributed by atoms with Crippen LogP contribution in [0.25, 0.3) is 0 Å². The van der Waals surface area contributed by atoms with Gasteiger partial charge in [0.25, 0.3) is 0 Å². The zero-order valence-electron chi connectivity index (χ0n) is 17.1. The highest BCUT2D eigenvalue weighted by atomic mass is 35.5. The number of carbonyl (C=O) groups excluding carboxylic acids is 1. The highest BCUT2D eigenvalue weighted by Crippen LogP contribution is 2.28. The Labute approximate surface area is 186 Å². The number of halogens is 1. The van der Waals surface area contributed by atoms with Crippen LogP contribution in [0.4, 0.5) is 0 Å². The lowest BCUT2D eigenvalue weighted by molar-refractivity contribution is -0.136. The van der Waals surface area contributed by atoms with Crippen LogP contribution >= 0.6 is 11.6 Å². The number of nitrogens with zero attached hydrogens (tertiary/aromatic N) is 1. The normalized spacial score (nSPS) is 11.3. The maximum absolute atomic E-state index is 12.7. The molecule has 0 radical (unpaired) electrons. The van der Waals surface area contributed by atoms with Crippen LogP contribution in [0, 0.1) is 6.92 Å². The van der Waals surface area contributed by atoms with E-state index in [1.165, 1.54) is 25.3 Å². The van der Waals surface area contributed by atoms with Gasteiger partial charge in [-0.3, -0.25) is 4.79 Å². The van der Waals surface area contributed by atoms with Gasteiger partial charge in [0.2, 0.25) is 5.91 Å². The van der Waals surface area contributed by atoms with Crippen LogP contribution in [0.1, 0.15) is 16.9 Å². The van der Waals surface area contributed by atoms with Crippen LogP contribution in [-0.2, 0) is 32.7 Å². The summed E-state index contributed by atoms with van der Waals surface area (Å²) in [5, 5.41) is 0.0989. The van der Waals surface area contributed by atoms with Crippen molar-refractivity contribution < 1.29 is 26.5 Å². The predicted molar refractivity (Wildman–Crippen MR) is 115 cm³/mol. The topological polar surface area (TPSA) is 86.0 Å². The summed E-state index contributed by atoms with van der Waals surface area (Å²) < 4.78 is 40.9. The Balaban J connectivity index is 1.74. The number of ether oxygens (including phenoxy) is 1. The molecular formula is C22H22ClNO6S. The minimum atomic E-state index is -4.09. The van der Waals surface area contributed by atoms with Crippen LogP contribution in [0.3, 0.4) is 0 Å². The number of aryl methyl sites for hydroxylation is 1. The summed E-state index contributed by atoms with van der Waals surface area (Å²) in [6, 6.07) is 14.8. The first kappa shape index (κ1) is 22.9. The SMILES string of the molecule is COCC(=O)N(Cc1ccc(OS(=O)(=O)c2c(C)cccc2Cl)cc1)Cc1ccco1. The van der Waals surface area contributed by atoms with E-state index in [-0.39, 0.29) is 34.7 Å². The number of amides is 1. The molecule has 1 heterocycles. The van der Waals surface area contributed by atoms with Crippen molar-refractivity contribution in [1.29, 1.82) is 0 Å². The molecule has 0 aliphatic heterocycles. The third-order valence-electron chi connectivity index (χ3n) is 4.46. The fourth-order valence-corrected chi connectivity index (χ4v) is 4.73. The number of carbonyl (C=O) groups is 1. The molecule has 1 amide bonds. The third-order valence-corrected chi connectivity index (χ3v) is 6.34. The lowest BCUT2D eigenvalue weighted by Crippen LogP contribution is -2.32. The molecule has 0 aliphatic carbocycles. The first-order valence-corrected chi connectivity index (χ1v) is 11.2. The van der Waals surface area contributed by atoms with E-state index in [4.69, 9.17) is 24.9 Å². The maximum Gasteiger partial charge on any atom is 0.340 e. The van der Waals surface area contributed by atoms with Crippen molar-refractivity contribution in [2.24, 2.45) is 0 Å². The maximum atomic E-state index is 12.7. The molecule has 7 nitrogen and oxygen atoms in total. The minimum Gasteiger partial charge on any atom is -0.467 e. The van der Waals surface area contributed by atoms with Gasteiger partial charge in [-0.25, -0.2) is 0 Å². The van der Waals surface area contributed by atoms with Crippen molar-refractivity contribution in [3.8, 4) is 5.75 Å². The smallest absolute Gasteiger partial charge is 0.340 e. The van der Waals surface area contributed by atoms with Gasteiger partial charge in [0.05, 0.1) is 17.8 Å². The highest BCUT2D eigenvalue weighted by molar-refractivity contribution is 7.87. The van der Waals surface area contributed by atoms with Crippen LogP contribution in [-0.4, -0.2) is 32.9 Å². The van der Waals surface area contributed by atoms with E-state index in [1.54, 1.807) is 54.5 Å². The second-order valence-electron chi connectivity index (χ2n) is 6.83. The van der Waals surface area contributed by atoms with Crippen molar-refractivity contribution in [2.75, 3.05) is 13.7 Å². The molecule has 0 fully saturated rings. The molecule has 164 valence electrons. The van der Waals surface area contributed by atoms with Crippen molar-refractivity contribution >= 4 is 27.6 Å². The molecule has 3 rings (SSSR count). The summed E-state index contributed by atoms with van der Waals surface area (Å²) in [7, 11) is -2.64.